The van der Waals surface area contributed by atoms with Gasteiger partial charge in [-0.1, -0.05) is 72.8 Å². The molecule has 0 unspecified atom stereocenters. The quantitative estimate of drug-likeness (QED) is 0.176. The second-order valence-corrected chi connectivity index (χ2v) is 17.6. The molecule has 5 heterocycles. The lowest BCUT2D eigenvalue weighted by Gasteiger charge is -2.39. The van der Waals surface area contributed by atoms with E-state index in [1.54, 1.807) is 0 Å². The summed E-state index contributed by atoms with van der Waals surface area (Å²) in [4.78, 5) is 10.0. The molecule has 0 bridgehead atoms. The Morgan fingerprint density at radius 2 is 0.779 bits per heavy atom. The first-order chi connectivity index (χ1) is 33.6. The molecule has 0 fully saturated rings. The highest BCUT2D eigenvalue weighted by atomic mass is 16.5. The van der Waals surface area contributed by atoms with Crippen LogP contribution < -0.4 is 4.74 Å². The van der Waals surface area contributed by atoms with E-state index in [0.29, 0.717) is 11.1 Å². The van der Waals surface area contributed by atoms with Crippen LogP contribution in [-0.4, -0.2) is 19.1 Å². The van der Waals surface area contributed by atoms with Crippen molar-refractivity contribution in [2.45, 2.75) is 5.41 Å². The minimum atomic E-state index is -0.827. The fourth-order valence-electron chi connectivity index (χ4n) is 11.2. The first-order valence-electron chi connectivity index (χ1n) is 22.6. The van der Waals surface area contributed by atoms with Crippen LogP contribution >= 0.6 is 0 Å². The maximum atomic E-state index is 9.98. The molecule has 4 aromatic heterocycles. The maximum absolute atomic E-state index is 9.98. The Balaban J connectivity index is 0.987. The second-order valence-electron chi connectivity index (χ2n) is 17.6. The molecule has 12 aromatic rings. The Kier molecular flexibility index (Phi) is 7.90. The van der Waals surface area contributed by atoms with Crippen LogP contribution in [0.1, 0.15) is 33.4 Å². The third-order valence-electron chi connectivity index (χ3n) is 14.1. The number of nitrogens with zero attached hydrogens (tertiary/aromatic N) is 6. The first kappa shape index (κ1) is 37.8. The Hall–Kier alpha value is -9.56. The van der Waals surface area contributed by atoms with E-state index in [9.17, 15) is 10.5 Å². The minimum Gasteiger partial charge on any atom is -0.457 e. The number of hydrogen-bond donors (Lipinski definition) is 0. The lowest BCUT2D eigenvalue weighted by molar-refractivity contribution is 0.436. The first-order valence-corrected chi connectivity index (χ1v) is 22.6. The average molecular weight is 867 g/mol. The molecule has 1 aliphatic carbocycles. The van der Waals surface area contributed by atoms with Gasteiger partial charge in [-0.15, -0.1) is 0 Å². The van der Waals surface area contributed by atoms with Gasteiger partial charge in [-0.25, -0.2) is 0 Å². The molecule has 314 valence electrons. The molecule has 0 N–H and O–H groups in total. The predicted octanol–water partition coefficient (Wildman–Crippen LogP) is 14.2. The molecule has 0 atom stereocenters. The van der Waals surface area contributed by atoms with E-state index in [1.165, 1.54) is 0 Å². The van der Waals surface area contributed by atoms with Crippen LogP contribution in [0, 0.1) is 22.7 Å². The molecular formula is C61H34N6O. The molecule has 8 aromatic carbocycles. The summed E-state index contributed by atoms with van der Waals surface area (Å²) in [6.07, 6.45) is 3.70. The van der Waals surface area contributed by atoms with Crippen LogP contribution in [0.4, 0.5) is 0 Å². The van der Waals surface area contributed by atoms with Gasteiger partial charge in [0, 0.05) is 56.4 Å². The zero-order valence-corrected chi connectivity index (χ0v) is 36.2. The third kappa shape index (κ3) is 5.21. The zero-order valence-electron chi connectivity index (χ0n) is 36.2. The smallest absolute Gasteiger partial charge is 0.132 e. The van der Waals surface area contributed by atoms with Crippen molar-refractivity contribution in [3.63, 3.8) is 0 Å². The summed E-state index contributed by atoms with van der Waals surface area (Å²) in [6.45, 7) is 0. The number of aromatic nitrogens is 4. The summed E-state index contributed by atoms with van der Waals surface area (Å²) in [6, 6.07) is 72.1. The van der Waals surface area contributed by atoms with Crippen LogP contribution in [0.5, 0.6) is 11.5 Å². The topological polar surface area (TPSA) is 92.4 Å². The van der Waals surface area contributed by atoms with Crippen molar-refractivity contribution >= 4 is 43.6 Å². The Bertz CT molecular complexity index is 3940. The molecule has 0 radical (unpaired) electrons. The highest BCUT2D eigenvalue weighted by Crippen LogP contribution is 2.62. The van der Waals surface area contributed by atoms with Gasteiger partial charge >= 0.3 is 0 Å². The van der Waals surface area contributed by atoms with Crippen molar-refractivity contribution in [1.29, 1.82) is 10.5 Å². The number of ether oxygens (including phenoxy) is 1. The minimum absolute atomic E-state index is 0.619. The van der Waals surface area contributed by atoms with Crippen LogP contribution in [0.25, 0.3) is 88.6 Å². The summed E-state index contributed by atoms with van der Waals surface area (Å²) < 4.78 is 11.5. The molecule has 7 nitrogen and oxygen atoms in total. The van der Waals surface area contributed by atoms with Crippen molar-refractivity contribution < 1.29 is 4.74 Å². The van der Waals surface area contributed by atoms with E-state index in [-0.39, 0.29) is 0 Å². The lowest BCUT2D eigenvalue weighted by atomic mass is 9.65. The number of fused-ring (bicyclic) bond motifs is 15. The second kappa shape index (κ2) is 14.2. The monoisotopic (exact) mass is 866 g/mol. The number of hydrogen-bond acceptors (Lipinski definition) is 5. The van der Waals surface area contributed by atoms with Gasteiger partial charge in [0.25, 0.3) is 0 Å². The maximum Gasteiger partial charge on any atom is 0.132 e. The molecule has 14 rings (SSSR count). The van der Waals surface area contributed by atoms with Gasteiger partial charge in [-0.3, -0.25) is 9.97 Å². The van der Waals surface area contributed by atoms with Crippen LogP contribution in [0.3, 0.4) is 0 Å². The highest BCUT2D eigenvalue weighted by molar-refractivity contribution is 6.12. The van der Waals surface area contributed by atoms with Gasteiger partial charge in [0.05, 0.1) is 62.1 Å². The number of pyridine rings is 2. The molecule has 0 saturated heterocycles. The van der Waals surface area contributed by atoms with Gasteiger partial charge in [0.1, 0.15) is 11.5 Å². The van der Waals surface area contributed by atoms with Crippen molar-refractivity contribution in [2.24, 2.45) is 0 Å². The van der Waals surface area contributed by atoms with E-state index in [1.807, 2.05) is 60.9 Å². The summed E-state index contributed by atoms with van der Waals surface area (Å²) >= 11 is 0. The van der Waals surface area contributed by atoms with E-state index >= 15 is 0 Å². The summed E-state index contributed by atoms with van der Waals surface area (Å²) in [5.74, 6) is 1.54. The van der Waals surface area contributed by atoms with Crippen LogP contribution in [0.15, 0.2) is 207 Å². The van der Waals surface area contributed by atoms with E-state index in [2.05, 4.69) is 167 Å². The van der Waals surface area contributed by atoms with Crippen molar-refractivity contribution in [3.05, 3.63) is 240 Å². The Morgan fingerprint density at radius 3 is 1.22 bits per heavy atom. The van der Waals surface area contributed by atoms with Crippen LogP contribution in [0.2, 0.25) is 0 Å². The van der Waals surface area contributed by atoms with Crippen LogP contribution in [-0.2, 0) is 5.41 Å². The van der Waals surface area contributed by atoms with Gasteiger partial charge < -0.3 is 13.9 Å². The average Bonchev–Trinajstić information content (AvgIpc) is 4.02. The molecule has 2 aliphatic rings. The van der Waals surface area contributed by atoms with E-state index in [0.717, 1.165) is 122 Å². The summed E-state index contributed by atoms with van der Waals surface area (Å²) in [5, 5.41) is 24.1. The molecule has 1 aliphatic heterocycles. The SMILES string of the molecule is N#Cc1ccc2c(c1)c1cc(-c3ccc4c(c3)C3(c5cc(-c6ccc7c(c6)c6cc(C#N)ccc6n7-c6ccccc6)ccc5O4)c4cccnc4-c4ncccc43)ccc1n2-c1ccccc1. The van der Waals surface area contributed by atoms with Gasteiger partial charge in [0.15, 0.2) is 0 Å². The molecule has 0 saturated carbocycles. The Labute approximate surface area is 390 Å². The predicted molar refractivity (Wildman–Crippen MR) is 268 cm³/mol. The molecular weight excluding hydrogens is 833 g/mol. The largest absolute Gasteiger partial charge is 0.457 e. The number of para-hydroxylation sites is 2. The van der Waals surface area contributed by atoms with Gasteiger partial charge in [0.2, 0.25) is 0 Å². The van der Waals surface area contributed by atoms with Crippen molar-refractivity contribution in [1.82, 2.24) is 19.1 Å². The normalized spacial score (nSPS) is 12.9. The third-order valence-corrected chi connectivity index (χ3v) is 14.1. The number of rotatable bonds is 4. The molecule has 0 amide bonds. The molecule has 68 heavy (non-hydrogen) atoms. The van der Waals surface area contributed by atoms with E-state index in [4.69, 9.17) is 14.7 Å². The fourth-order valence-corrected chi connectivity index (χ4v) is 11.2. The summed E-state index contributed by atoms with van der Waals surface area (Å²) in [5.41, 5.74) is 16.7. The molecule has 7 heteroatoms. The fraction of sp³-hybridized carbons (Fsp3) is 0.0164. The molecule has 1 spiro atoms. The van der Waals surface area contributed by atoms with Gasteiger partial charge in [-0.05, 0) is 155 Å². The summed E-state index contributed by atoms with van der Waals surface area (Å²) in [7, 11) is 0. The lowest BCUT2D eigenvalue weighted by Crippen LogP contribution is -2.32. The highest BCUT2D eigenvalue weighted by Gasteiger charge is 2.52. The standard InChI is InChI=1S/C61H34N6O/c62-35-37-15-21-53-45(29-37)47-31-39(17-23-55(47)66(53)43-9-3-1-4-10-43)41-19-25-57-51(33-41)61(49-13-7-27-64-59(49)60-50(61)14-8-28-65-60)52-34-42(20-26-58(52)68-57)40-18-24-56-48(32-40)46-30-38(36-63)16-22-54(46)67(56)44-11-5-2-6-12-44/h1-34H. The van der Waals surface area contributed by atoms with Gasteiger partial charge in [-0.2, -0.15) is 10.5 Å². The Morgan fingerprint density at radius 1 is 0.382 bits per heavy atom. The number of benzene rings is 8. The van der Waals surface area contributed by atoms with E-state index < -0.39 is 5.41 Å². The van der Waals surface area contributed by atoms with Crippen molar-refractivity contribution in [3.8, 4) is 68.7 Å². The zero-order chi connectivity index (χ0) is 45.1. The number of nitriles is 2. The van der Waals surface area contributed by atoms with Crippen molar-refractivity contribution in [2.75, 3.05) is 0 Å².